The zero-order valence-corrected chi connectivity index (χ0v) is 10.7. The highest BCUT2D eigenvalue weighted by Crippen LogP contribution is 2.12. The van der Waals surface area contributed by atoms with Crippen LogP contribution in [0.5, 0.6) is 0 Å². The summed E-state index contributed by atoms with van der Waals surface area (Å²) < 4.78 is 0. The molecular weight excluding hydrogens is 198 g/mol. The summed E-state index contributed by atoms with van der Waals surface area (Å²) in [6.45, 7) is 7.26. The van der Waals surface area contributed by atoms with Gasteiger partial charge < -0.3 is 5.32 Å². The molecule has 0 aromatic rings. The van der Waals surface area contributed by atoms with Crippen LogP contribution >= 0.6 is 0 Å². The standard InChI is InChI=1S/C13H25N3/c1-3-5-12(4-2)15-13-6-9-16(10-7-13)11-8-14/h12-13,15H,3-7,9-11H2,1-2H3. The number of piperidine rings is 1. The van der Waals surface area contributed by atoms with Gasteiger partial charge in [-0.1, -0.05) is 20.3 Å². The minimum Gasteiger partial charge on any atom is -0.311 e. The highest BCUT2D eigenvalue weighted by molar-refractivity contribution is 4.84. The van der Waals surface area contributed by atoms with E-state index in [1.54, 1.807) is 0 Å². The maximum absolute atomic E-state index is 8.63. The summed E-state index contributed by atoms with van der Waals surface area (Å²) in [4.78, 5) is 2.25. The van der Waals surface area contributed by atoms with Crippen molar-refractivity contribution in [3.63, 3.8) is 0 Å². The van der Waals surface area contributed by atoms with Crippen LogP contribution in [0.3, 0.4) is 0 Å². The molecule has 0 aliphatic carbocycles. The Bertz CT molecular complexity index is 214. The number of rotatable bonds is 6. The highest BCUT2D eigenvalue weighted by Gasteiger charge is 2.20. The predicted octanol–water partition coefficient (Wildman–Crippen LogP) is 2.14. The van der Waals surface area contributed by atoms with Gasteiger partial charge in [-0.3, -0.25) is 4.90 Å². The molecule has 1 fully saturated rings. The second-order valence-corrected chi connectivity index (χ2v) is 4.77. The molecule has 0 aromatic carbocycles. The second kappa shape index (κ2) is 7.65. The molecule has 1 rings (SSSR count). The van der Waals surface area contributed by atoms with Gasteiger partial charge in [-0.25, -0.2) is 0 Å². The Kier molecular flexibility index (Phi) is 6.44. The lowest BCUT2D eigenvalue weighted by Crippen LogP contribution is -2.46. The zero-order valence-electron chi connectivity index (χ0n) is 10.7. The number of nitrogens with zero attached hydrogens (tertiary/aromatic N) is 2. The van der Waals surface area contributed by atoms with Crippen LogP contribution in [0.2, 0.25) is 0 Å². The van der Waals surface area contributed by atoms with E-state index in [1.807, 2.05) is 0 Å². The van der Waals surface area contributed by atoms with Gasteiger partial charge in [0.2, 0.25) is 0 Å². The Balaban J connectivity index is 2.23. The molecule has 0 amide bonds. The molecule has 1 N–H and O–H groups in total. The van der Waals surface area contributed by atoms with Crippen molar-refractivity contribution in [3.05, 3.63) is 0 Å². The van der Waals surface area contributed by atoms with Crippen molar-refractivity contribution in [3.8, 4) is 6.07 Å². The summed E-state index contributed by atoms with van der Waals surface area (Å²) in [6.07, 6.45) is 6.17. The van der Waals surface area contributed by atoms with Gasteiger partial charge in [0.05, 0.1) is 12.6 Å². The third-order valence-corrected chi connectivity index (χ3v) is 3.48. The lowest BCUT2D eigenvalue weighted by atomic mass is 10.0. The van der Waals surface area contributed by atoms with E-state index in [0.717, 1.165) is 13.1 Å². The molecule has 1 aliphatic heterocycles. The van der Waals surface area contributed by atoms with Crippen molar-refractivity contribution in [2.75, 3.05) is 19.6 Å². The molecule has 3 heteroatoms. The molecule has 16 heavy (non-hydrogen) atoms. The van der Waals surface area contributed by atoms with Crippen LogP contribution in [0, 0.1) is 11.3 Å². The summed E-state index contributed by atoms with van der Waals surface area (Å²) in [7, 11) is 0. The number of likely N-dealkylation sites (tertiary alicyclic amines) is 1. The smallest absolute Gasteiger partial charge is 0.0866 e. The van der Waals surface area contributed by atoms with E-state index in [-0.39, 0.29) is 0 Å². The van der Waals surface area contributed by atoms with E-state index in [1.165, 1.54) is 32.1 Å². The average Bonchev–Trinajstić information content (AvgIpc) is 2.31. The van der Waals surface area contributed by atoms with Gasteiger partial charge >= 0.3 is 0 Å². The van der Waals surface area contributed by atoms with Crippen LogP contribution in [-0.2, 0) is 0 Å². The molecule has 1 saturated heterocycles. The summed E-state index contributed by atoms with van der Waals surface area (Å²) in [6, 6.07) is 3.59. The van der Waals surface area contributed by atoms with Gasteiger partial charge in [-0.2, -0.15) is 5.26 Å². The van der Waals surface area contributed by atoms with Crippen LogP contribution < -0.4 is 5.32 Å². The van der Waals surface area contributed by atoms with Crippen LogP contribution in [0.1, 0.15) is 46.0 Å². The second-order valence-electron chi connectivity index (χ2n) is 4.77. The van der Waals surface area contributed by atoms with Gasteiger partial charge in [0.1, 0.15) is 0 Å². The van der Waals surface area contributed by atoms with Crippen molar-refractivity contribution in [1.82, 2.24) is 10.2 Å². The molecule has 0 saturated carbocycles. The van der Waals surface area contributed by atoms with E-state index in [4.69, 9.17) is 5.26 Å². The molecule has 3 nitrogen and oxygen atoms in total. The van der Waals surface area contributed by atoms with Crippen molar-refractivity contribution in [2.45, 2.75) is 58.0 Å². The fourth-order valence-electron chi connectivity index (χ4n) is 2.44. The molecule has 1 aliphatic rings. The summed E-state index contributed by atoms with van der Waals surface area (Å²) >= 11 is 0. The third-order valence-electron chi connectivity index (χ3n) is 3.48. The third kappa shape index (κ3) is 4.51. The Morgan fingerprint density at radius 3 is 2.56 bits per heavy atom. The highest BCUT2D eigenvalue weighted by atomic mass is 15.1. The molecule has 1 atom stereocenters. The summed E-state index contributed by atoms with van der Waals surface area (Å²) in [5, 5.41) is 12.4. The molecule has 0 spiro atoms. The summed E-state index contributed by atoms with van der Waals surface area (Å²) in [5.41, 5.74) is 0. The lowest BCUT2D eigenvalue weighted by Gasteiger charge is -2.33. The molecule has 0 radical (unpaired) electrons. The van der Waals surface area contributed by atoms with Crippen LogP contribution in [0.15, 0.2) is 0 Å². The Morgan fingerprint density at radius 2 is 2.06 bits per heavy atom. The molecular formula is C13H25N3. The first-order valence-corrected chi connectivity index (χ1v) is 6.65. The first-order chi connectivity index (χ1) is 7.80. The van der Waals surface area contributed by atoms with Crippen LogP contribution in [0.4, 0.5) is 0 Å². The first-order valence-electron chi connectivity index (χ1n) is 6.65. The quantitative estimate of drug-likeness (QED) is 0.701. The van der Waals surface area contributed by atoms with Crippen LogP contribution in [-0.4, -0.2) is 36.6 Å². The molecule has 1 unspecified atom stereocenters. The maximum Gasteiger partial charge on any atom is 0.0866 e. The van der Waals surface area contributed by atoms with Crippen molar-refractivity contribution in [2.24, 2.45) is 0 Å². The summed E-state index contributed by atoms with van der Waals surface area (Å²) in [5.74, 6) is 0. The number of nitriles is 1. The van der Waals surface area contributed by atoms with E-state index < -0.39 is 0 Å². The van der Waals surface area contributed by atoms with Crippen LogP contribution in [0.25, 0.3) is 0 Å². The fourth-order valence-corrected chi connectivity index (χ4v) is 2.44. The molecule has 1 heterocycles. The van der Waals surface area contributed by atoms with Gasteiger partial charge in [-0.05, 0) is 25.7 Å². The number of hydrogen-bond acceptors (Lipinski definition) is 3. The fraction of sp³-hybridized carbons (Fsp3) is 0.923. The SMILES string of the molecule is CCCC(CC)NC1CCN(CC#N)CC1. The topological polar surface area (TPSA) is 39.1 Å². The normalized spacial score (nSPS) is 20.6. The van der Waals surface area contributed by atoms with E-state index in [0.29, 0.717) is 18.6 Å². The first kappa shape index (κ1) is 13.5. The molecule has 0 bridgehead atoms. The van der Waals surface area contributed by atoms with E-state index >= 15 is 0 Å². The minimum atomic E-state index is 0.596. The van der Waals surface area contributed by atoms with Gasteiger partial charge in [0.15, 0.2) is 0 Å². The number of hydrogen-bond donors (Lipinski definition) is 1. The Hall–Kier alpha value is -0.590. The largest absolute Gasteiger partial charge is 0.311 e. The average molecular weight is 223 g/mol. The molecule has 92 valence electrons. The van der Waals surface area contributed by atoms with E-state index in [9.17, 15) is 0 Å². The van der Waals surface area contributed by atoms with Crippen molar-refractivity contribution in [1.29, 1.82) is 5.26 Å². The Labute approximate surface area is 99.8 Å². The Morgan fingerprint density at radius 1 is 1.38 bits per heavy atom. The minimum absolute atomic E-state index is 0.596. The number of nitrogens with one attached hydrogen (secondary N) is 1. The molecule has 0 aromatic heterocycles. The van der Waals surface area contributed by atoms with Crippen molar-refractivity contribution >= 4 is 0 Å². The lowest BCUT2D eigenvalue weighted by molar-refractivity contribution is 0.205. The van der Waals surface area contributed by atoms with Gasteiger partial charge in [0, 0.05) is 25.2 Å². The van der Waals surface area contributed by atoms with E-state index in [2.05, 4.69) is 30.1 Å². The van der Waals surface area contributed by atoms with Gasteiger partial charge in [0.25, 0.3) is 0 Å². The van der Waals surface area contributed by atoms with Crippen molar-refractivity contribution < 1.29 is 0 Å². The zero-order chi connectivity index (χ0) is 11.8. The predicted molar refractivity (Wildman–Crippen MR) is 67.2 cm³/mol. The van der Waals surface area contributed by atoms with Gasteiger partial charge in [-0.15, -0.1) is 0 Å². The monoisotopic (exact) mass is 223 g/mol. The maximum atomic E-state index is 8.63.